The molecule has 0 aromatic heterocycles. The van der Waals surface area contributed by atoms with Crippen LogP contribution >= 0.6 is 11.8 Å². The molecule has 0 spiro atoms. The molecule has 0 amide bonds. The summed E-state index contributed by atoms with van der Waals surface area (Å²) in [6.45, 7) is 5.57. The van der Waals surface area contributed by atoms with Gasteiger partial charge in [0.25, 0.3) is 0 Å². The van der Waals surface area contributed by atoms with Gasteiger partial charge in [-0.2, -0.15) is 11.8 Å². The van der Waals surface area contributed by atoms with Crippen LogP contribution in [0, 0.1) is 0 Å². The van der Waals surface area contributed by atoms with Crippen molar-refractivity contribution in [3.05, 3.63) is 24.3 Å². The fraction of sp³-hybridized carbons (Fsp3) is 0.500. The molecule has 17 heavy (non-hydrogen) atoms. The Kier molecular flexibility index (Phi) is 9.24. The van der Waals surface area contributed by atoms with Gasteiger partial charge in [-0.05, 0) is 24.3 Å². The zero-order valence-corrected chi connectivity index (χ0v) is 10.8. The second-order valence-corrected chi connectivity index (χ2v) is 4.59. The fourth-order valence-electron chi connectivity index (χ4n) is 1.12. The molecule has 1 N–H and O–H groups in total. The number of rotatable bonds is 9. The average molecular weight is 258 g/mol. The van der Waals surface area contributed by atoms with E-state index < -0.39 is 11.9 Å². The summed E-state index contributed by atoms with van der Waals surface area (Å²) in [5.74, 6) is 0.216. The van der Waals surface area contributed by atoms with E-state index in [4.69, 9.17) is 9.84 Å². The van der Waals surface area contributed by atoms with Gasteiger partial charge in [-0.25, -0.2) is 9.59 Å². The number of ether oxygens (including phenoxy) is 1. The highest BCUT2D eigenvalue weighted by molar-refractivity contribution is 7.99. The number of carbonyl (C=O) groups excluding carboxylic acids is 1. The Balaban J connectivity index is 4.28. The number of hydrogen-bond acceptors (Lipinski definition) is 4. The van der Waals surface area contributed by atoms with Crippen molar-refractivity contribution in [1.29, 1.82) is 0 Å². The van der Waals surface area contributed by atoms with Crippen LogP contribution in [0.2, 0.25) is 0 Å². The van der Waals surface area contributed by atoms with Gasteiger partial charge in [0.15, 0.2) is 0 Å². The van der Waals surface area contributed by atoms with Gasteiger partial charge >= 0.3 is 11.9 Å². The van der Waals surface area contributed by atoms with Crippen molar-refractivity contribution in [3.8, 4) is 0 Å². The molecule has 0 saturated heterocycles. The second kappa shape index (κ2) is 9.96. The minimum atomic E-state index is -1.13. The van der Waals surface area contributed by atoms with Crippen molar-refractivity contribution in [2.24, 2.45) is 0 Å². The highest BCUT2D eigenvalue weighted by Gasteiger charge is 2.12. The summed E-state index contributed by atoms with van der Waals surface area (Å²) in [5, 5.41) is 8.65. The molecular weight excluding hydrogens is 240 g/mol. The SMILES string of the molecule is C=CCOC(=O)C(=CC(=O)O)CCCSCC. The first kappa shape index (κ1) is 15.8. The van der Waals surface area contributed by atoms with Gasteiger partial charge in [0, 0.05) is 11.6 Å². The maximum atomic E-state index is 11.5. The third-order valence-electron chi connectivity index (χ3n) is 1.83. The molecule has 0 aromatic rings. The van der Waals surface area contributed by atoms with E-state index in [1.54, 1.807) is 11.8 Å². The molecule has 0 atom stereocenters. The Morgan fingerprint density at radius 2 is 2.18 bits per heavy atom. The van der Waals surface area contributed by atoms with Gasteiger partial charge in [0.1, 0.15) is 6.61 Å². The molecule has 0 aliphatic carbocycles. The van der Waals surface area contributed by atoms with Crippen LogP contribution in [0.1, 0.15) is 19.8 Å². The van der Waals surface area contributed by atoms with E-state index in [1.807, 2.05) is 0 Å². The van der Waals surface area contributed by atoms with Crippen LogP contribution in [0.4, 0.5) is 0 Å². The molecule has 0 bridgehead atoms. The summed E-state index contributed by atoms with van der Waals surface area (Å²) >= 11 is 1.76. The first-order chi connectivity index (χ1) is 8.11. The normalized spacial score (nSPS) is 11.0. The van der Waals surface area contributed by atoms with E-state index in [0.717, 1.165) is 24.0 Å². The number of esters is 1. The van der Waals surface area contributed by atoms with Gasteiger partial charge in [-0.15, -0.1) is 0 Å². The Labute approximate surface area is 106 Å². The number of carboxylic acids is 1. The summed E-state index contributed by atoms with van der Waals surface area (Å²) in [5.41, 5.74) is 0.205. The Morgan fingerprint density at radius 3 is 2.71 bits per heavy atom. The number of thioether (sulfide) groups is 1. The van der Waals surface area contributed by atoms with E-state index in [0.29, 0.717) is 6.42 Å². The quantitative estimate of drug-likeness (QED) is 0.297. The minimum Gasteiger partial charge on any atom is -0.478 e. The van der Waals surface area contributed by atoms with Gasteiger partial charge in [-0.3, -0.25) is 0 Å². The summed E-state index contributed by atoms with van der Waals surface area (Å²) in [7, 11) is 0. The van der Waals surface area contributed by atoms with Crippen molar-refractivity contribution in [2.75, 3.05) is 18.1 Å². The lowest BCUT2D eigenvalue weighted by molar-refractivity contribution is -0.139. The Morgan fingerprint density at radius 1 is 1.47 bits per heavy atom. The molecule has 5 heteroatoms. The predicted octanol–water partition coefficient (Wildman–Crippen LogP) is 2.26. The number of hydrogen-bond donors (Lipinski definition) is 1. The third-order valence-corrected chi connectivity index (χ3v) is 2.82. The number of carboxylic acid groups (broad SMARTS) is 1. The van der Waals surface area contributed by atoms with E-state index in [2.05, 4.69) is 13.5 Å². The molecular formula is C12H18O4S. The molecule has 0 aromatic carbocycles. The molecule has 96 valence electrons. The van der Waals surface area contributed by atoms with E-state index in [-0.39, 0.29) is 12.2 Å². The highest BCUT2D eigenvalue weighted by Crippen LogP contribution is 2.11. The summed E-state index contributed by atoms with van der Waals surface area (Å²) in [4.78, 5) is 22.1. The standard InChI is InChI=1S/C12H18O4S/c1-3-7-16-12(15)10(9-11(13)14)6-5-8-17-4-2/h3,9H,1,4-8H2,2H3,(H,13,14). The molecule has 0 heterocycles. The monoisotopic (exact) mass is 258 g/mol. The topological polar surface area (TPSA) is 63.6 Å². The smallest absolute Gasteiger partial charge is 0.334 e. The van der Waals surface area contributed by atoms with E-state index in [1.165, 1.54) is 6.08 Å². The van der Waals surface area contributed by atoms with Crippen LogP contribution in [0.5, 0.6) is 0 Å². The van der Waals surface area contributed by atoms with E-state index >= 15 is 0 Å². The largest absolute Gasteiger partial charge is 0.478 e. The summed E-state index contributed by atoms with van der Waals surface area (Å²) in [6, 6.07) is 0. The van der Waals surface area contributed by atoms with Crippen LogP contribution in [0.25, 0.3) is 0 Å². The van der Waals surface area contributed by atoms with E-state index in [9.17, 15) is 9.59 Å². The predicted molar refractivity (Wildman–Crippen MR) is 69.1 cm³/mol. The van der Waals surface area contributed by atoms with Gasteiger partial charge in [-0.1, -0.05) is 19.6 Å². The summed E-state index contributed by atoms with van der Waals surface area (Å²) in [6.07, 6.45) is 3.56. The van der Waals surface area contributed by atoms with Crippen molar-refractivity contribution in [2.45, 2.75) is 19.8 Å². The van der Waals surface area contributed by atoms with Crippen molar-refractivity contribution in [1.82, 2.24) is 0 Å². The van der Waals surface area contributed by atoms with Crippen LogP contribution in [0.3, 0.4) is 0 Å². The van der Waals surface area contributed by atoms with Crippen molar-refractivity contribution < 1.29 is 19.4 Å². The zero-order valence-electron chi connectivity index (χ0n) is 9.98. The molecule has 0 unspecified atom stereocenters. The van der Waals surface area contributed by atoms with Crippen LogP contribution in [0.15, 0.2) is 24.3 Å². The lowest BCUT2D eigenvalue weighted by atomic mass is 10.1. The minimum absolute atomic E-state index is 0.0967. The lowest BCUT2D eigenvalue weighted by Gasteiger charge is -2.06. The lowest BCUT2D eigenvalue weighted by Crippen LogP contribution is -2.10. The molecule has 0 aliphatic heterocycles. The highest BCUT2D eigenvalue weighted by atomic mass is 32.2. The van der Waals surface area contributed by atoms with Gasteiger partial charge in [0.05, 0.1) is 0 Å². The zero-order chi connectivity index (χ0) is 13.1. The Bertz CT molecular complexity index is 297. The fourth-order valence-corrected chi connectivity index (χ4v) is 1.76. The first-order valence-corrected chi connectivity index (χ1v) is 6.56. The van der Waals surface area contributed by atoms with Crippen LogP contribution < -0.4 is 0 Å². The molecule has 0 saturated carbocycles. The first-order valence-electron chi connectivity index (χ1n) is 5.41. The average Bonchev–Trinajstić information content (AvgIpc) is 2.29. The van der Waals surface area contributed by atoms with Gasteiger partial charge in [0.2, 0.25) is 0 Å². The van der Waals surface area contributed by atoms with Crippen molar-refractivity contribution in [3.63, 3.8) is 0 Å². The number of carbonyl (C=O) groups is 2. The van der Waals surface area contributed by atoms with Crippen LogP contribution in [-0.4, -0.2) is 35.2 Å². The second-order valence-electron chi connectivity index (χ2n) is 3.20. The molecule has 0 aliphatic rings. The van der Waals surface area contributed by atoms with Crippen molar-refractivity contribution >= 4 is 23.7 Å². The molecule has 0 radical (unpaired) electrons. The van der Waals surface area contributed by atoms with Crippen LogP contribution in [-0.2, 0) is 14.3 Å². The molecule has 0 fully saturated rings. The van der Waals surface area contributed by atoms with Gasteiger partial charge < -0.3 is 9.84 Å². The maximum Gasteiger partial charge on any atom is 0.334 e. The number of aliphatic carboxylic acids is 1. The molecule has 0 rings (SSSR count). The maximum absolute atomic E-state index is 11.5. The molecule has 4 nitrogen and oxygen atoms in total. The summed E-state index contributed by atoms with van der Waals surface area (Å²) < 4.78 is 4.82. The third kappa shape index (κ3) is 8.56. The Hall–Kier alpha value is -1.23.